The summed E-state index contributed by atoms with van der Waals surface area (Å²) < 4.78 is 10.7. The Balaban J connectivity index is 2.50. The Labute approximate surface area is 89.2 Å². The van der Waals surface area contributed by atoms with Crippen molar-refractivity contribution in [1.82, 2.24) is 9.97 Å². The normalized spacial score (nSPS) is 12.1. The van der Waals surface area contributed by atoms with Gasteiger partial charge >= 0.3 is 5.97 Å². The van der Waals surface area contributed by atoms with Gasteiger partial charge in [-0.05, 0) is 0 Å². The molecule has 0 aliphatic heterocycles. The van der Waals surface area contributed by atoms with Crippen LogP contribution in [0.3, 0.4) is 0 Å². The molecule has 6 nitrogen and oxygen atoms in total. The minimum absolute atomic E-state index is 0.0976. The molecule has 0 aromatic carbocycles. The molecule has 0 saturated carbocycles. The molecule has 0 radical (unpaired) electrons. The summed E-state index contributed by atoms with van der Waals surface area (Å²) in [6, 6.07) is 0. The summed E-state index contributed by atoms with van der Waals surface area (Å²) >= 11 is 0. The lowest BCUT2D eigenvalue weighted by Crippen LogP contribution is -2.11. The second kappa shape index (κ2) is 5.40. The number of anilines is 1. The van der Waals surface area contributed by atoms with Gasteiger partial charge in [0.1, 0.15) is 5.82 Å². The SMILES string of the molecule is CS(=O)CCNc1cnc(C(=O)O)cn1. The highest BCUT2D eigenvalue weighted by molar-refractivity contribution is 7.84. The smallest absolute Gasteiger partial charge is 0.356 e. The number of rotatable bonds is 5. The van der Waals surface area contributed by atoms with Gasteiger partial charge in [-0.15, -0.1) is 0 Å². The highest BCUT2D eigenvalue weighted by Gasteiger charge is 2.04. The van der Waals surface area contributed by atoms with Crippen LogP contribution in [0, 0.1) is 0 Å². The predicted molar refractivity (Wildman–Crippen MR) is 56.4 cm³/mol. The van der Waals surface area contributed by atoms with Crippen molar-refractivity contribution in [2.75, 3.05) is 23.9 Å². The number of aromatic carboxylic acids is 1. The van der Waals surface area contributed by atoms with E-state index in [-0.39, 0.29) is 5.69 Å². The fourth-order valence-electron chi connectivity index (χ4n) is 0.853. The average molecular weight is 229 g/mol. The molecule has 1 unspecified atom stereocenters. The third-order valence-corrected chi connectivity index (χ3v) is 2.35. The molecule has 15 heavy (non-hydrogen) atoms. The molecule has 0 saturated heterocycles. The first kappa shape index (κ1) is 11.6. The van der Waals surface area contributed by atoms with Crippen molar-refractivity contribution >= 4 is 22.6 Å². The number of carboxylic acid groups (broad SMARTS) is 1. The third kappa shape index (κ3) is 4.03. The van der Waals surface area contributed by atoms with Gasteiger partial charge in [-0.25, -0.2) is 14.8 Å². The van der Waals surface area contributed by atoms with E-state index in [2.05, 4.69) is 15.3 Å². The molecule has 1 aromatic rings. The van der Waals surface area contributed by atoms with E-state index in [0.29, 0.717) is 18.1 Å². The van der Waals surface area contributed by atoms with Crippen LogP contribution in [-0.2, 0) is 10.8 Å². The van der Waals surface area contributed by atoms with Crippen LogP contribution in [0.4, 0.5) is 5.82 Å². The van der Waals surface area contributed by atoms with Gasteiger partial charge in [0.2, 0.25) is 0 Å². The van der Waals surface area contributed by atoms with Crippen molar-refractivity contribution in [3.05, 3.63) is 18.1 Å². The topological polar surface area (TPSA) is 92.2 Å². The number of carboxylic acids is 1. The standard InChI is InChI=1S/C8H11N3O3S/c1-15(14)3-2-9-7-5-10-6(4-11-7)8(12)13/h4-5H,2-3H2,1H3,(H,9,11)(H,12,13). The van der Waals surface area contributed by atoms with E-state index in [9.17, 15) is 9.00 Å². The largest absolute Gasteiger partial charge is 0.476 e. The van der Waals surface area contributed by atoms with Crippen LogP contribution in [-0.4, -0.2) is 43.8 Å². The van der Waals surface area contributed by atoms with Crippen LogP contribution in [0.1, 0.15) is 10.5 Å². The van der Waals surface area contributed by atoms with E-state index in [1.807, 2.05) is 0 Å². The molecule has 1 heterocycles. The van der Waals surface area contributed by atoms with E-state index < -0.39 is 16.8 Å². The second-order valence-corrected chi connectivity index (χ2v) is 4.35. The van der Waals surface area contributed by atoms with E-state index in [4.69, 9.17) is 5.11 Å². The molecule has 1 aromatic heterocycles. The van der Waals surface area contributed by atoms with Gasteiger partial charge < -0.3 is 10.4 Å². The third-order valence-electron chi connectivity index (χ3n) is 1.57. The summed E-state index contributed by atoms with van der Waals surface area (Å²) in [5.41, 5.74) is -0.0976. The zero-order valence-electron chi connectivity index (χ0n) is 8.14. The van der Waals surface area contributed by atoms with Gasteiger partial charge in [0.25, 0.3) is 0 Å². The van der Waals surface area contributed by atoms with Crippen molar-refractivity contribution in [3.63, 3.8) is 0 Å². The van der Waals surface area contributed by atoms with Crippen LogP contribution in [0.5, 0.6) is 0 Å². The number of nitrogens with zero attached hydrogens (tertiary/aromatic N) is 2. The van der Waals surface area contributed by atoms with Crippen molar-refractivity contribution < 1.29 is 14.1 Å². The molecule has 0 amide bonds. The van der Waals surface area contributed by atoms with E-state index in [1.165, 1.54) is 12.4 Å². The fourth-order valence-corrected chi connectivity index (χ4v) is 1.24. The Kier molecular flexibility index (Phi) is 4.17. The number of nitrogens with one attached hydrogen (secondary N) is 1. The monoisotopic (exact) mass is 229 g/mol. The summed E-state index contributed by atoms with van der Waals surface area (Å²) in [7, 11) is -0.856. The van der Waals surface area contributed by atoms with Gasteiger partial charge in [-0.2, -0.15) is 0 Å². The Morgan fingerprint density at radius 2 is 2.27 bits per heavy atom. The Bertz CT molecular complexity index is 366. The number of hydrogen-bond donors (Lipinski definition) is 2. The quantitative estimate of drug-likeness (QED) is 0.736. The average Bonchev–Trinajstić information content (AvgIpc) is 2.18. The lowest BCUT2D eigenvalue weighted by molar-refractivity contribution is 0.0690. The molecule has 7 heteroatoms. The molecule has 0 fully saturated rings. The first-order chi connectivity index (χ1) is 7.09. The molecule has 0 aliphatic rings. The van der Waals surface area contributed by atoms with E-state index in [1.54, 1.807) is 6.26 Å². The first-order valence-electron chi connectivity index (χ1n) is 4.19. The maximum absolute atomic E-state index is 10.7. The van der Waals surface area contributed by atoms with Crippen LogP contribution >= 0.6 is 0 Å². The van der Waals surface area contributed by atoms with Crippen LogP contribution in [0.2, 0.25) is 0 Å². The van der Waals surface area contributed by atoms with Crippen LogP contribution < -0.4 is 5.32 Å². The summed E-state index contributed by atoms with van der Waals surface area (Å²) in [5.74, 6) is -0.114. The number of aromatic nitrogens is 2. The second-order valence-electron chi connectivity index (χ2n) is 2.80. The van der Waals surface area contributed by atoms with E-state index in [0.717, 1.165) is 0 Å². The first-order valence-corrected chi connectivity index (χ1v) is 5.91. The van der Waals surface area contributed by atoms with E-state index >= 15 is 0 Å². The maximum Gasteiger partial charge on any atom is 0.356 e. The highest BCUT2D eigenvalue weighted by Crippen LogP contribution is 2.00. The van der Waals surface area contributed by atoms with Gasteiger partial charge in [0.15, 0.2) is 5.69 Å². The van der Waals surface area contributed by atoms with Gasteiger partial charge in [0.05, 0.1) is 12.4 Å². The lowest BCUT2D eigenvalue weighted by atomic mass is 10.4. The molecular weight excluding hydrogens is 218 g/mol. The summed E-state index contributed by atoms with van der Waals surface area (Å²) in [6.07, 6.45) is 4.12. The predicted octanol–water partition coefficient (Wildman–Crippen LogP) is -0.0348. The molecule has 1 rings (SSSR count). The number of hydrogen-bond acceptors (Lipinski definition) is 5. The highest BCUT2D eigenvalue weighted by atomic mass is 32.2. The minimum atomic E-state index is -1.11. The molecule has 0 aliphatic carbocycles. The molecule has 0 bridgehead atoms. The zero-order chi connectivity index (χ0) is 11.3. The van der Waals surface area contributed by atoms with Gasteiger partial charge in [-0.1, -0.05) is 0 Å². The Morgan fingerprint density at radius 1 is 1.53 bits per heavy atom. The molecule has 0 spiro atoms. The van der Waals surface area contributed by atoms with Gasteiger partial charge in [-0.3, -0.25) is 4.21 Å². The molecule has 2 N–H and O–H groups in total. The molecular formula is C8H11N3O3S. The van der Waals surface area contributed by atoms with Crippen molar-refractivity contribution in [2.45, 2.75) is 0 Å². The summed E-state index contributed by atoms with van der Waals surface area (Å²) in [4.78, 5) is 18.0. The lowest BCUT2D eigenvalue weighted by Gasteiger charge is -2.03. The van der Waals surface area contributed by atoms with Crippen molar-refractivity contribution in [1.29, 1.82) is 0 Å². The van der Waals surface area contributed by atoms with Crippen LogP contribution in [0.15, 0.2) is 12.4 Å². The zero-order valence-corrected chi connectivity index (χ0v) is 8.95. The summed E-state index contributed by atoms with van der Waals surface area (Å²) in [5, 5.41) is 11.4. The Hall–Kier alpha value is -1.50. The van der Waals surface area contributed by atoms with Gasteiger partial charge in [0, 0.05) is 29.4 Å². The van der Waals surface area contributed by atoms with Crippen molar-refractivity contribution in [2.24, 2.45) is 0 Å². The fraction of sp³-hybridized carbons (Fsp3) is 0.375. The summed E-state index contributed by atoms with van der Waals surface area (Å²) in [6.45, 7) is 0.518. The molecule has 1 atom stereocenters. The minimum Gasteiger partial charge on any atom is -0.476 e. The number of carbonyl (C=O) groups is 1. The maximum atomic E-state index is 10.7. The van der Waals surface area contributed by atoms with Crippen LogP contribution in [0.25, 0.3) is 0 Å². The Morgan fingerprint density at radius 3 is 2.73 bits per heavy atom. The van der Waals surface area contributed by atoms with Crippen molar-refractivity contribution in [3.8, 4) is 0 Å². The molecule has 82 valence electrons.